The molecular formula is C18H16ClN3O. The van der Waals surface area contributed by atoms with Crippen molar-refractivity contribution in [3.05, 3.63) is 77.1 Å². The minimum absolute atomic E-state index is 0.165. The zero-order valence-electron chi connectivity index (χ0n) is 12.7. The van der Waals surface area contributed by atoms with Crippen LogP contribution in [0.1, 0.15) is 23.0 Å². The Bertz CT molecular complexity index is 827. The maximum absolute atomic E-state index is 12.5. The molecule has 23 heavy (non-hydrogen) atoms. The quantitative estimate of drug-likeness (QED) is 0.775. The average Bonchev–Trinajstić information content (AvgIpc) is 3.00. The van der Waals surface area contributed by atoms with Gasteiger partial charge >= 0.3 is 0 Å². The van der Waals surface area contributed by atoms with E-state index in [0.717, 1.165) is 17.1 Å². The van der Waals surface area contributed by atoms with Crippen molar-refractivity contribution in [2.75, 3.05) is 5.32 Å². The second-order valence-corrected chi connectivity index (χ2v) is 5.51. The van der Waals surface area contributed by atoms with E-state index in [1.165, 1.54) is 0 Å². The van der Waals surface area contributed by atoms with Crippen molar-refractivity contribution >= 4 is 23.2 Å². The molecule has 0 radical (unpaired) electrons. The smallest absolute Gasteiger partial charge is 0.259 e. The Hall–Kier alpha value is -2.59. The number of carbonyl (C=O) groups excluding carboxylic acids is 1. The van der Waals surface area contributed by atoms with Gasteiger partial charge in [0.05, 0.1) is 23.1 Å². The van der Waals surface area contributed by atoms with Gasteiger partial charge in [0.25, 0.3) is 5.91 Å². The van der Waals surface area contributed by atoms with E-state index in [-0.39, 0.29) is 5.91 Å². The Morgan fingerprint density at radius 3 is 2.65 bits per heavy atom. The summed E-state index contributed by atoms with van der Waals surface area (Å²) in [7, 11) is 0. The highest BCUT2D eigenvalue weighted by molar-refractivity contribution is 6.30. The summed E-state index contributed by atoms with van der Waals surface area (Å²) in [6.07, 6.45) is 2.28. The van der Waals surface area contributed by atoms with E-state index in [2.05, 4.69) is 10.4 Å². The van der Waals surface area contributed by atoms with Crippen LogP contribution in [0.2, 0.25) is 5.02 Å². The van der Waals surface area contributed by atoms with Crippen LogP contribution in [0.4, 0.5) is 5.69 Å². The van der Waals surface area contributed by atoms with Gasteiger partial charge in [-0.15, -0.1) is 0 Å². The summed E-state index contributed by atoms with van der Waals surface area (Å²) < 4.78 is 1.76. The summed E-state index contributed by atoms with van der Waals surface area (Å²) in [6, 6.07) is 16.8. The highest BCUT2D eigenvalue weighted by atomic mass is 35.5. The number of benzene rings is 2. The van der Waals surface area contributed by atoms with Crippen LogP contribution in [0, 0.1) is 0 Å². The van der Waals surface area contributed by atoms with E-state index in [0.29, 0.717) is 17.0 Å². The molecule has 0 aliphatic rings. The van der Waals surface area contributed by atoms with Gasteiger partial charge in [-0.1, -0.05) is 42.8 Å². The number of para-hydroxylation sites is 1. The first kappa shape index (κ1) is 15.3. The summed E-state index contributed by atoms with van der Waals surface area (Å²) in [4.78, 5) is 12.5. The minimum atomic E-state index is -0.165. The van der Waals surface area contributed by atoms with Gasteiger partial charge in [-0.2, -0.15) is 5.10 Å². The Balaban J connectivity index is 1.93. The summed E-state index contributed by atoms with van der Waals surface area (Å²) in [6.45, 7) is 2.00. The van der Waals surface area contributed by atoms with Gasteiger partial charge in [0.1, 0.15) is 0 Å². The van der Waals surface area contributed by atoms with Crippen LogP contribution < -0.4 is 5.32 Å². The first-order valence-corrected chi connectivity index (χ1v) is 7.76. The lowest BCUT2D eigenvalue weighted by atomic mass is 10.2. The number of halogens is 1. The molecular weight excluding hydrogens is 310 g/mol. The monoisotopic (exact) mass is 325 g/mol. The van der Waals surface area contributed by atoms with Gasteiger partial charge in [-0.3, -0.25) is 4.79 Å². The topological polar surface area (TPSA) is 46.9 Å². The number of hydrogen-bond donors (Lipinski definition) is 1. The van der Waals surface area contributed by atoms with Gasteiger partial charge in [0.2, 0.25) is 0 Å². The number of aromatic nitrogens is 2. The van der Waals surface area contributed by atoms with Gasteiger partial charge in [0, 0.05) is 10.7 Å². The summed E-state index contributed by atoms with van der Waals surface area (Å²) in [5.74, 6) is -0.165. The lowest BCUT2D eigenvalue weighted by Gasteiger charge is -2.09. The molecule has 0 aliphatic carbocycles. The molecule has 0 saturated heterocycles. The molecule has 5 heteroatoms. The Kier molecular flexibility index (Phi) is 4.44. The van der Waals surface area contributed by atoms with E-state index in [4.69, 9.17) is 11.6 Å². The van der Waals surface area contributed by atoms with Crippen LogP contribution in [0.5, 0.6) is 0 Å². The zero-order valence-corrected chi connectivity index (χ0v) is 13.4. The van der Waals surface area contributed by atoms with Crippen molar-refractivity contribution < 1.29 is 4.79 Å². The highest BCUT2D eigenvalue weighted by Gasteiger charge is 2.17. The molecule has 1 heterocycles. The molecule has 1 amide bonds. The van der Waals surface area contributed by atoms with E-state index in [9.17, 15) is 4.79 Å². The molecule has 0 atom stereocenters. The predicted molar refractivity (Wildman–Crippen MR) is 92.3 cm³/mol. The number of nitrogens with zero attached hydrogens (tertiary/aromatic N) is 2. The molecule has 0 fully saturated rings. The number of amides is 1. The van der Waals surface area contributed by atoms with Crippen molar-refractivity contribution in [1.82, 2.24) is 9.78 Å². The van der Waals surface area contributed by atoms with Crippen molar-refractivity contribution in [3.63, 3.8) is 0 Å². The SMILES string of the molecule is CCc1c(C(=O)Nc2ccccc2)cnn1-c1cccc(Cl)c1. The van der Waals surface area contributed by atoms with Gasteiger partial charge in [-0.25, -0.2) is 4.68 Å². The molecule has 0 aliphatic heterocycles. The normalized spacial score (nSPS) is 10.5. The van der Waals surface area contributed by atoms with Crippen molar-refractivity contribution in [1.29, 1.82) is 0 Å². The van der Waals surface area contributed by atoms with Crippen LogP contribution >= 0.6 is 11.6 Å². The lowest BCUT2D eigenvalue weighted by Crippen LogP contribution is -2.14. The number of carbonyl (C=O) groups is 1. The van der Waals surface area contributed by atoms with Gasteiger partial charge in [-0.05, 0) is 36.8 Å². The minimum Gasteiger partial charge on any atom is -0.322 e. The first-order valence-electron chi connectivity index (χ1n) is 7.38. The molecule has 4 nitrogen and oxygen atoms in total. The van der Waals surface area contributed by atoms with Crippen LogP contribution in [-0.2, 0) is 6.42 Å². The molecule has 0 spiro atoms. The molecule has 2 aromatic carbocycles. The van der Waals surface area contributed by atoms with Gasteiger partial charge < -0.3 is 5.32 Å². The largest absolute Gasteiger partial charge is 0.322 e. The fourth-order valence-corrected chi connectivity index (χ4v) is 2.64. The fraction of sp³-hybridized carbons (Fsp3) is 0.111. The van der Waals surface area contributed by atoms with E-state index in [1.807, 2.05) is 61.5 Å². The summed E-state index contributed by atoms with van der Waals surface area (Å²) >= 11 is 6.05. The van der Waals surface area contributed by atoms with Crippen LogP contribution in [0.25, 0.3) is 5.69 Å². The van der Waals surface area contributed by atoms with E-state index < -0.39 is 0 Å². The predicted octanol–water partition coefficient (Wildman–Crippen LogP) is 4.34. The number of nitrogens with one attached hydrogen (secondary N) is 1. The third kappa shape index (κ3) is 3.27. The Morgan fingerprint density at radius 2 is 1.96 bits per heavy atom. The van der Waals surface area contributed by atoms with Crippen LogP contribution in [0.3, 0.4) is 0 Å². The molecule has 1 N–H and O–H groups in total. The second kappa shape index (κ2) is 6.67. The maximum atomic E-state index is 12.5. The van der Waals surface area contributed by atoms with Gasteiger partial charge in [0.15, 0.2) is 0 Å². The van der Waals surface area contributed by atoms with Crippen molar-refractivity contribution in [2.45, 2.75) is 13.3 Å². The standard InChI is InChI=1S/C18H16ClN3O/c1-2-17-16(18(23)21-14-8-4-3-5-9-14)12-20-22(17)15-10-6-7-13(19)11-15/h3-12H,2H2,1H3,(H,21,23). The van der Waals surface area contributed by atoms with Crippen molar-refractivity contribution in [3.8, 4) is 5.69 Å². The molecule has 0 unspecified atom stereocenters. The molecule has 116 valence electrons. The third-order valence-corrected chi connectivity index (χ3v) is 3.77. The molecule has 3 rings (SSSR count). The number of hydrogen-bond acceptors (Lipinski definition) is 2. The molecule has 0 bridgehead atoms. The van der Waals surface area contributed by atoms with E-state index >= 15 is 0 Å². The molecule has 1 aromatic heterocycles. The lowest BCUT2D eigenvalue weighted by molar-refractivity contribution is 0.102. The second-order valence-electron chi connectivity index (χ2n) is 5.07. The first-order chi connectivity index (χ1) is 11.2. The van der Waals surface area contributed by atoms with E-state index in [1.54, 1.807) is 10.9 Å². The zero-order chi connectivity index (χ0) is 16.2. The summed E-state index contributed by atoms with van der Waals surface area (Å²) in [5.41, 5.74) is 3.01. The molecule has 0 saturated carbocycles. The molecule has 3 aromatic rings. The number of rotatable bonds is 4. The van der Waals surface area contributed by atoms with Crippen molar-refractivity contribution in [2.24, 2.45) is 0 Å². The van der Waals surface area contributed by atoms with Crippen LogP contribution in [0.15, 0.2) is 60.8 Å². The highest BCUT2D eigenvalue weighted by Crippen LogP contribution is 2.20. The maximum Gasteiger partial charge on any atom is 0.259 e. The van der Waals surface area contributed by atoms with Crippen LogP contribution in [-0.4, -0.2) is 15.7 Å². The number of anilines is 1. The average molecular weight is 326 g/mol. The fourth-order valence-electron chi connectivity index (χ4n) is 2.45. The Morgan fingerprint density at radius 1 is 1.17 bits per heavy atom. The Labute approximate surface area is 139 Å². The third-order valence-electron chi connectivity index (χ3n) is 3.53. The summed E-state index contributed by atoms with van der Waals surface area (Å²) in [5, 5.41) is 7.88.